The fraction of sp³-hybridized carbons (Fsp3) is 0.368. The minimum absolute atomic E-state index is 0.286. The molecule has 2 saturated carbocycles. The van der Waals surface area contributed by atoms with Crippen molar-refractivity contribution < 1.29 is 0 Å². The summed E-state index contributed by atoms with van der Waals surface area (Å²) in [5.41, 5.74) is 3.39. The van der Waals surface area contributed by atoms with Gasteiger partial charge in [-0.1, -0.05) is 24.3 Å². The summed E-state index contributed by atoms with van der Waals surface area (Å²) in [6, 6.07) is 18.7. The number of fused-ring (bicyclic) bond motifs is 2. The van der Waals surface area contributed by atoms with E-state index in [9.17, 15) is 0 Å². The molecule has 0 unspecified atom stereocenters. The van der Waals surface area contributed by atoms with Crippen LogP contribution in [0.1, 0.15) is 36.8 Å². The van der Waals surface area contributed by atoms with Gasteiger partial charge in [0, 0.05) is 12.6 Å². The molecule has 0 saturated heterocycles. The summed E-state index contributed by atoms with van der Waals surface area (Å²) in [7, 11) is 0. The maximum absolute atomic E-state index is 2.41. The highest BCUT2D eigenvalue weighted by molar-refractivity contribution is 14.1. The van der Waals surface area contributed by atoms with Crippen molar-refractivity contribution in [3.63, 3.8) is 0 Å². The molecule has 108 valence electrons. The van der Waals surface area contributed by atoms with Crippen molar-refractivity contribution in [2.45, 2.75) is 31.1 Å². The third-order valence-electron chi connectivity index (χ3n) is 5.66. The first kappa shape index (κ1) is 14.5. The lowest BCUT2D eigenvalue weighted by Gasteiger charge is -2.36. The Labute approximate surface area is 154 Å². The van der Waals surface area contributed by atoms with E-state index >= 15 is 0 Å². The second-order valence-corrected chi connectivity index (χ2v) is 8.92. The van der Waals surface area contributed by atoms with Gasteiger partial charge in [0.05, 0.1) is 0 Å². The molecule has 2 aliphatic carbocycles. The molecule has 0 atom stereocenters. The minimum atomic E-state index is 0.286. The molecule has 4 rings (SSSR count). The third kappa shape index (κ3) is 2.19. The normalized spacial score (nSPS) is 26.2. The van der Waals surface area contributed by atoms with Crippen LogP contribution in [0.4, 0.5) is 0 Å². The van der Waals surface area contributed by atoms with Crippen LogP contribution in [-0.2, 0) is 5.41 Å². The Bertz CT molecular complexity index is 575. The lowest BCUT2D eigenvalue weighted by molar-refractivity contribution is 0.390. The van der Waals surface area contributed by atoms with E-state index < -0.39 is 0 Å². The second kappa shape index (κ2) is 5.52. The number of rotatable bonds is 2. The Morgan fingerprint density at radius 1 is 0.619 bits per heavy atom. The van der Waals surface area contributed by atoms with E-state index in [-0.39, 0.29) is 5.41 Å². The summed E-state index contributed by atoms with van der Waals surface area (Å²) in [6.07, 6.45) is 5.62. The Kier molecular flexibility index (Phi) is 3.81. The average molecular weight is 500 g/mol. The van der Waals surface area contributed by atoms with E-state index in [0.29, 0.717) is 0 Å². The maximum Gasteiger partial charge on any atom is 0.0259 e. The van der Waals surface area contributed by atoms with Crippen LogP contribution in [0.5, 0.6) is 0 Å². The SMILES string of the molecule is Ic1ccc(C2(c3ccc(I)cc3)C3CCC2CC3)cc1. The number of benzene rings is 2. The van der Waals surface area contributed by atoms with Crippen LogP contribution >= 0.6 is 45.2 Å². The highest BCUT2D eigenvalue weighted by Crippen LogP contribution is 2.62. The third-order valence-corrected chi connectivity index (χ3v) is 7.10. The quantitative estimate of drug-likeness (QED) is 0.444. The second-order valence-electron chi connectivity index (χ2n) is 6.43. The summed E-state index contributed by atoms with van der Waals surface area (Å²) in [6.45, 7) is 0. The molecule has 0 nitrogen and oxygen atoms in total. The molecule has 0 radical (unpaired) electrons. The van der Waals surface area contributed by atoms with Crippen LogP contribution in [0.25, 0.3) is 0 Å². The van der Waals surface area contributed by atoms with Gasteiger partial charge in [0.15, 0.2) is 0 Å². The zero-order chi connectivity index (χ0) is 14.4. The zero-order valence-electron chi connectivity index (χ0n) is 11.9. The summed E-state index contributed by atoms with van der Waals surface area (Å²) in [5.74, 6) is 1.67. The topological polar surface area (TPSA) is 0 Å². The number of hydrogen-bond acceptors (Lipinski definition) is 0. The molecular formula is C19H18I2. The molecule has 2 fully saturated rings. The molecule has 2 aromatic rings. The molecule has 0 spiro atoms. The first-order chi connectivity index (χ1) is 10.2. The van der Waals surface area contributed by atoms with E-state index in [0.717, 1.165) is 11.8 Å². The summed E-state index contributed by atoms with van der Waals surface area (Å²) >= 11 is 4.82. The molecular weight excluding hydrogens is 482 g/mol. The monoisotopic (exact) mass is 500 g/mol. The van der Waals surface area contributed by atoms with E-state index in [1.54, 1.807) is 11.1 Å². The van der Waals surface area contributed by atoms with Gasteiger partial charge < -0.3 is 0 Å². The first-order valence-corrected chi connectivity index (χ1v) is 9.89. The predicted octanol–water partition coefficient (Wildman–Crippen LogP) is 6.00. The fourth-order valence-corrected chi connectivity index (χ4v) is 5.62. The Morgan fingerprint density at radius 2 is 0.952 bits per heavy atom. The average Bonchev–Trinajstić information content (AvgIpc) is 3.05. The van der Waals surface area contributed by atoms with Crippen molar-refractivity contribution in [1.82, 2.24) is 0 Å². The molecule has 2 bridgehead atoms. The molecule has 0 N–H and O–H groups in total. The van der Waals surface area contributed by atoms with Crippen LogP contribution in [0, 0.1) is 19.0 Å². The van der Waals surface area contributed by atoms with Crippen molar-refractivity contribution in [2.24, 2.45) is 11.8 Å². The summed E-state index contributed by atoms with van der Waals surface area (Å²) in [5, 5.41) is 0. The highest BCUT2D eigenvalue weighted by Gasteiger charge is 2.55. The highest BCUT2D eigenvalue weighted by atomic mass is 127. The van der Waals surface area contributed by atoms with Gasteiger partial charge in [0.2, 0.25) is 0 Å². The molecule has 0 aromatic heterocycles. The summed E-state index contributed by atoms with van der Waals surface area (Å²) in [4.78, 5) is 0. The van der Waals surface area contributed by atoms with E-state index in [4.69, 9.17) is 0 Å². The molecule has 0 amide bonds. The van der Waals surface area contributed by atoms with E-state index in [2.05, 4.69) is 93.7 Å². The number of hydrogen-bond donors (Lipinski definition) is 0. The fourth-order valence-electron chi connectivity index (χ4n) is 4.90. The van der Waals surface area contributed by atoms with E-state index in [1.807, 2.05) is 0 Å². The lowest BCUT2D eigenvalue weighted by atomic mass is 9.67. The minimum Gasteiger partial charge on any atom is -0.0571 e. The predicted molar refractivity (Wildman–Crippen MR) is 105 cm³/mol. The Balaban J connectivity index is 1.91. The molecule has 21 heavy (non-hydrogen) atoms. The van der Waals surface area contributed by atoms with Crippen molar-refractivity contribution in [3.8, 4) is 0 Å². The Morgan fingerprint density at radius 3 is 1.29 bits per heavy atom. The molecule has 2 aromatic carbocycles. The zero-order valence-corrected chi connectivity index (χ0v) is 16.2. The van der Waals surface area contributed by atoms with Gasteiger partial charge in [-0.2, -0.15) is 0 Å². The van der Waals surface area contributed by atoms with Crippen LogP contribution in [-0.4, -0.2) is 0 Å². The lowest BCUT2D eigenvalue weighted by Crippen LogP contribution is -2.33. The standard InChI is InChI=1S/C19H18I2/c20-17-9-5-15(6-10-17)19(13-1-2-14(19)4-3-13)16-7-11-18(21)12-8-16/h5-14H,1-4H2. The van der Waals surface area contributed by atoms with Crippen molar-refractivity contribution in [3.05, 3.63) is 66.8 Å². The van der Waals surface area contributed by atoms with Gasteiger partial charge in [0.25, 0.3) is 0 Å². The van der Waals surface area contributed by atoms with Crippen LogP contribution < -0.4 is 0 Å². The molecule has 0 aliphatic heterocycles. The summed E-state index contributed by atoms with van der Waals surface area (Å²) < 4.78 is 2.67. The van der Waals surface area contributed by atoms with Gasteiger partial charge in [-0.15, -0.1) is 0 Å². The largest absolute Gasteiger partial charge is 0.0571 e. The van der Waals surface area contributed by atoms with Gasteiger partial charge in [0.1, 0.15) is 0 Å². The van der Waals surface area contributed by atoms with Crippen LogP contribution in [0.3, 0.4) is 0 Å². The van der Waals surface area contributed by atoms with E-state index in [1.165, 1.54) is 32.8 Å². The molecule has 2 aliphatic rings. The van der Waals surface area contributed by atoms with Crippen LogP contribution in [0.15, 0.2) is 48.5 Å². The number of halogens is 2. The molecule has 2 heteroatoms. The van der Waals surface area contributed by atoms with Crippen molar-refractivity contribution in [2.75, 3.05) is 0 Å². The van der Waals surface area contributed by atoms with Gasteiger partial charge in [-0.3, -0.25) is 0 Å². The Hall–Kier alpha value is -0.100. The van der Waals surface area contributed by atoms with Crippen molar-refractivity contribution >= 4 is 45.2 Å². The first-order valence-electron chi connectivity index (χ1n) is 7.73. The maximum atomic E-state index is 2.41. The van der Waals surface area contributed by atoms with Crippen molar-refractivity contribution in [1.29, 1.82) is 0 Å². The van der Waals surface area contributed by atoms with Gasteiger partial charge >= 0.3 is 0 Å². The molecule has 0 heterocycles. The van der Waals surface area contributed by atoms with Gasteiger partial charge in [-0.25, -0.2) is 0 Å². The van der Waals surface area contributed by atoms with Gasteiger partial charge in [-0.05, 0) is 118 Å². The van der Waals surface area contributed by atoms with Crippen LogP contribution in [0.2, 0.25) is 0 Å². The smallest absolute Gasteiger partial charge is 0.0259 e.